The maximum Gasteiger partial charge on any atom is 0.224 e. The molecule has 0 bridgehead atoms. The number of halogens is 1. The van der Waals surface area contributed by atoms with E-state index in [1.807, 2.05) is 7.05 Å². The lowest BCUT2D eigenvalue weighted by Crippen LogP contribution is -2.30. The van der Waals surface area contributed by atoms with E-state index in [0.29, 0.717) is 16.9 Å². The first kappa shape index (κ1) is 15.3. The number of aromatic nitrogens is 2. The van der Waals surface area contributed by atoms with E-state index in [4.69, 9.17) is 16.3 Å². The fraction of sp³-hybridized carbons (Fsp3) is 0.714. The van der Waals surface area contributed by atoms with Gasteiger partial charge in [0.15, 0.2) is 5.82 Å². The largest absolute Gasteiger partial charge is 0.381 e. The lowest BCUT2D eigenvalue weighted by Gasteiger charge is -2.28. The highest BCUT2D eigenvalue weighted by Crippen LogP contribution is 2.25. The van der Waals surface area contributed by atoms with Gasteiger partial charge in [-0.3, -0.25) is 0 Å². The highest BCUT2D eigenvalue weighted by atomic mass is 35.5. The van der Waals surface area contributed by atoms with Crippen molar-refractivity contribution in [3.63, 3.8) is 0 Å². The molecule has 1 aromatic rings. The van der Waals surface area contributed by atoms with Crippen LogP contribution in [0.1, 0.15) is 26.2 Å². The topological polar surface area (TPSA) is 50.3 Å². The Balaban J connectivity index is 2.01. The summed E-state index contributed by atoms with van der Waals surface area (Å²) in [6, 6.07) is 0. The fourth-order valence-corrected chi connectivity index (χ4v) is 2.59. The molecule has 112 valence electrons. The summed E-state index contributed by atoms with van der Waals surface area (Å²) in [5.74, 6) is 2.09. The molecule has 0 saturated carbocycles. The molecule has 0 amide bonds. The Hall–Kier alpha value is -1.07. The quantitative estimate of drug-likeness (QED) is 0.875. The molecule has 6 heteroatoms. The molecule has 0 spiro atoms. The number of nitrogens with zero attached hydrogens (tertiary/aromatic N) is 3. The van der Waals surface area contributed by atoms with Crippen molar-refractivity contribution in [1.82, 2.24) is 9.97 Å². The van der Waals surface area contributed by atoms with Gasteiger partial charge in [0.05, 0.1) is 6.20 Å². The standard InChI is InChI=1S/C14H23ClN4O/c1-3-6-16-14-17-9-12(15)13(18-14)19(2)10-11-4-7-20-8-5-11/h9,11H,3-8,10H2,1-2H3,(H,16,17,18). The second-order valence-electron chi connectivity index (χ2n) is 5.23. The second-order valence-corrected chi connectivity index (χ2v) is 5.64. The van der Waals surface area contributed by atoms with Crippen LogP contribution in [0.15, 0.2) is 6.20 Å². The van der Waals surface area contributed by atoms with Crippen LogP contribution in [0, 0.1) is 5.92 Å². The summed E-state index contributed by atoms with van der Waals surface area (Å²) in [4.78, 5) is 10.8. The van der Waals surface area contributed by atoms with Crippen LogP contribution in [0.5, 0.6) is 0 Å². The lowest BCUT2D eigenvalue weighted by atomic mass is 10.00. The van der Waals surface area contributed by atoms with Gasteiger partial charge < -0.3 is 15.0 Å². The van der Waals surface area contributed by atoms with Crippen LogP contribution >= 0.6 is 11.6 Å². The molecule has 1 N–H and O–H groups in total. The Morgan fingerprint density at radius 2 is 2.20 bits per heavy atom. The Bertz CT molecular complexity index is 424. The Morgan fingerprint density at radius 1 is 1.45 bits per heavy atom. The van der Waals surface area contributed by atoms with Gasteiger partial charge in [-0.2, -0.15) is 4.98 Å². The number of rotatable bonds is 6. The maximum atomic E-state index is 6.22. The minimum Gasteiger partial charge on any atom is -0.381 e. The summed E-state index contributed by atoms with van der Waals surface area (Å²) < 4.78 is 5.39. The first-order valence-corrected chi connectivity index (χ1v) is 7.63. The molecule has 0 aromatic carbocycles. The Labute approximate surface area is 125 Å². The van der Waals surface area contributed by atoms with Crippen LogP contribution < -0.4 is 10.2 Å². The third-order valence-corrected chi connectivity index (χ3v) is 3.76. The lowest BCUT2D eigenvalue weighted by molar-refractivity contribution is 0.0685. The van der Waals surface area contributed by atoms with Crippen LogP contribution in [-0.2, 0) is 4.74 Å². The summed E-state index contributed by atoms with van der Waals surface area (Å²) in [5, 5.41) is 3.79. The maximum absolute atomic E-state index is 6.22. The van der Waals surface area contributed by atoms with E-state index in [9.17, 15) is 0 Å². The summed E-state index contributed by atoms with van der Waals surface area (Å²) in [6.07, 6.45) is 4.92. The molecule has 5 nitrogen and oxygen atoms in total. The molecule has 20 heavy (non-hydrogen) atoms. The van der Waals surface area contributed by atoms with E-state index in [1.54, 1.807) is 6.20 Å². The Morgan fingerprint density at radius 3 is 2.90 bits per heavy atom. The minimum atomic E-state index is 0.599. The average Bonchev–Trinajstić information content (AvgIpc) is 2.47. The van der Waals surface area contributed by atoms with Gasteiger partial charge >= 0.3 is 0 Å². The van der Waals surface area contributed by atoms with Crippen molar-refractivity contribution in [1.29, 1.82) is 0 Å². The van der Waals surface area contributed by atoms with E-state index in [-0.39, 0.29) is 0 Å². The van der Waals surface area contributed by atoms with Gasteiger partial charge in [-0.25, -0.2) is 4.98 Å². The van der Waals surface area contributed by atoms with Gasteiger partial charge in [0.1, 0.15) is 5.02 Å². The van der Waals surface area contributed by atoms with Gasteiger partial charge in [-0.15, -0.1) is 0 Å². The van der Waals surface area contributed by atoms with Crippen molar-refractivity contribution in [2.24, 2.45) is 5.92 Å². The summed E-state index contributed by atoms with van der Waals surface area (Å²) in [5.41, 5.74) is 0. The first-order valence-electron chi connectivity index (χ1n) is 7.26. The summed E-state index contributed by atoms with van der Waals surface area (Å²) in [7, 11) is 2.03. The van der Waals surface area contributed by atoms with Gasteiger partial charge in [-0.05, 0) is 25.2 Å². The van der Waals surface area contributed by atoms with Crippen LogP contribution in [0.2, 0.25) is 5.02 Å². The molecule has 1 aliphatic rings. The minimum absolute atomic E-state index is 0.599. The summed E-state index contributed by atoms with van der Waals surface area (Å²) in [6.45, 7) is 5.65. The van der Waals surface area contributed by atoms with Crippen LogP contribution in [0.25, 0.3) is 0 Å². The zero-order chi connectivity index (χ0) is 14.4. The monoisotopic (exact) mass is 298 g/mol. The van der Waals surface area contributed by atoms with Crippen molar-refractivity contribution < 1.29 is 4.74 Å². The number of hydrogen-bond acceptors (Lipinski definition) is 5. The zero-order valence-electron chi connectivity index (χ0n) is 12.2. The van der Waals surface area contributed by atoms with E-state index in [2.05, 4.69) is 27.1 Å². The van der Waals surface area contributed by atoms with E-state index < -0.39 is 0 Å². The molecule has 1 aromatic heterocycles. The van der Waals surface area contributed by atoms with Crippen molar-refractivity contribution in [2.45, 2.75) is 26.2 Å². The van der Waals surface area contributed by atoms with E-state index >= 15 is 0 Å². The fourth-order valence-electron chi connectivity index (χ4n) is 2.35. The molecule has 1 fully saturated rings. The van der Waals surface area contributed by atoms with Crippen molar-refractivity contribution in [2.75, 3.05) is 43.6 Å². The molecular weight excluding hydrogens is 276 g/mol. The van der Waals surface area contributed by atoms with Gasteiger partial charge in [0.2, 0.25) is 5.95 Å². The molecule has 2 heterocycles. The smallest absolute Gasteiger partial charge is 0.224 e. The third-order valence-electron chi connectivity index (χ3n) is 3.49. The zero-order valence-corrected chi connectivity index (χ0v) is 13.0. The molecule has 0 radical (unpaired) electrons. The predicted octanol–water partition coefficient (Wildman–Crippen LogP) is 2.81. The highest BCUT2D eigenvalue weighted by molar-refractivity contribution is 6.32. The number of anilines is 2. The molecular formula is C14H23ClN4O. The van der Waals surface area contributed by atoms with Crippen LogP contribution in [0.4, 0.5) is 11.8 Å². The molecule has 1 saturated heterocycles. The van der Waals surface area contributed by atoms with Crippen LogP contribution in [0.3, 0.4) is 0 Å². The van der Waals surface area contributed by atoms with Crippen molar-refractivity contribution in [3.8, 4) is 0 Å². The molecule has 0 aliphatic carbocycles. The van der Waals surface area contributed by atoms with E-state index in [0.717, 1.165) is 51.4 Å². The molecule has 0 atom stereocenters. The van der Waals surface area contributed by atoms with Gasteiger partial charge in [0.25, 0.3) is 0 Å². The SMILES string of the molecule is CCCNc1ncc(Cl)c(N(C)CC2CCOCC2)n1. The Kier molecular flexibility index (Phi) is 5.86. The van der Waals surface area contributed by atoms with E-state index in [1.165, 1.54) is 0 Å². The van der Waals surface area contributed by atoms with Crippen molar-refractivity contribution in [3.05, 3.63) is 11.2 Å². The average molecular weight is 299 g/mol. The highest BCUT2D eigenvalue weighted by Gasteiger charge is 2.18. The number of ether oxygens (including phenoxy) is 1. The first-order chi connectivity index (χ1) is 9.70. The van der Waals surface area contributed by atoms with Gasteiger partial charge in [0, 0.05) is 33.4 Å². The van der Waals surface area contributed by atoms with Crippen LogP contribution in [-0.4, -0.2) is 43.3 Å². The number of nitrogens with one attached hydrogen (secondary N) is 1. The normalized spacial score (nSPS) is 16.1. The second kappa shape index (κ2) is 7.64. The van der Waals surface area contributed by atoms with Crippen molar-refractivity contribution >= 4 is 23.4 Å². The predicted molar refractivity (Wildman–Crippen MR) is 82.6 cm³/mol. The van der Waals surface area contributed by atoms with Gasteiger partial charge in [-0.1, -0.05) is 18.5 Å². The summed E-state index contributed by atoms with van der Waals surface area (Å²) >= 11 is 6.22. The molecule has 0 unspecified atom stereocenters. The molecule has 1 aliphatic heterocycles. The third kappa shape index (κ3) is 4.21. The molecule has 2 rings (SSSR count). The number of hydrogen-bond donors (Lipinski definition) is 1.